The van der Waals surface area contributed by atoms with Crippen molar-refractivity contribution >= 4 is 40.5 Å². The Balaban J connectivity index is 3.09. The molecular weight excluding hydrogens is 235 g/mol. The molecule has 82 valence electrons. The lowest BCUT2D eigenvalue weighted by Crippen LogP contribution is -2.09. The molecule has 2 N–H and O–H groups in total. The predicted octanol–water partition coefficient (Wildman–Crippen LogP) is 3.38. The molecule has 0 unspecified atom stereocenters. The monoisotopic (exact) mass is 246 g/mol. The molecular formula is C10H12Cl2N2O. The average molecular weight is 247 g/mol. The van der Waals surface area contributed by atoms with Crippen LogP contribution in [0.3, 0.4) is 0 Å². The van der Waals surface area contributed by atoms with E-state index in [0.29, 0.717) is 15.7 Å². The van der Waals surface area contributed by atoms with Gasteiger partial charge in [0.05, 0.1) is 21.4 Å². The Morgan fingerprint density at radius 1 is 1.27 bits per heavy atom. The van der Waals surface area contributed by atoms with E-state index in [1.54, 1.807) is 12.1 Å². The summed E-state index contributed by atoms with van der Waals surface area (Å²) in [5, 5.41) is 6.65. The maximum Gasteiger partial charge on any atom is 0.221 e. The van der Waals surface area contributed by atoms with Crippen molar-refractivity contribution in [2.45, 2.75) is 13.8 Å². The third kappa shape index (κ3) is 3.29. The molecule has 0 saturated heterocycles. The minimum Gasteiger partial charge on any atom is -0.384 e. The molecule has 0 aliphatic rings. The molecule has 15 heavy (non-hydrogen) atoms. The molecule has 0 heterocycles. The first-order chi connectivity index (χ1) is 7.04. The van der Waals surface area contributed by atoms with Crippen molar-refractivity contribution in [2.24, 2.45) is 0 Å². The van der Waals surface area contributed by atoms with Gasteiger partial charge in [0, 0.05) is 13.5 Å². The van der Waals surface area contributed by atoms with Crippen LogP contribution in [0.25, 0.3) is 0 Å². The van der Waals surface area contributed by atoms with E-state index in [4.69, 9.17) is 23.2 Å². The van der Waals surface area contributed by atoms with Crippen molar-refractivity contribution < 1.29 is 4.79 Å². The maximum absolute atomic E-state index is 11.0. The fourth-order valence-electron chi connectivity index (χ4n) is 1.18. The Hall–Kier alpha value is -0.930. The van der Waals surface area contributed by atoms with Gasteiger partial charge in [-0.3, -0.25) is 4.79 Å². The van der Waals surface area contributed by atoms with Crippen LogP contribution in [0.4, 0.5) is 11.4 Å². The Labute approximate surface area is 98.8 Å². The molecule has 3 nitrogen and oxygen atoms in total. The van der Waals surface area contributed by atoms with E-state index >= 15 is 0 Å². The van der Waals surface area contributed by atoms with E-state index < -0.39 is 0 Å². The van der Waals surface area contributed by atoms with E-state index in [1.807, 2.05) is 6.92 Å². The van der Waals surface area contributed by atoms with Crippen LogP contribution in [0.2, 0.25) is 10.0 Å². The first kappa shape index (κ1) is 12.1. The lowest BCUT2D eigenvalue weighted by atomic mass is 10.2. The van der Waals surface area contributed by atoms with Crippen molar-refractivity contribution in [1.82, 2.24) is 0 Å². The highest BCUT2D eigenvalue weighted by molar-refractivity contribution is 6.42. The summed E-state index contributed by atoms with van der Waals surface area (Å²) >= 11 is 11.7. The van der Waals surface area contributed by atoms with E-state index in [-0.39, 0.29) is 5.91 Å². The molecule has 0 aliphatic heterocycles. The lowest BCUT2D eigenvalue weighted by Gasteiger charge is -2.12. The number of rotatable bonds is 3. The van der Waals surface area contributed by atoms with Gasteiger partial charge in [-0.1, -0.05) is 23.2 Å². The van der Waals surface area contributed by atoms with Crippen LogP contribution >= 0.6 is 23.2 Å². The highest BCUT2D eigenvalue weighted by Crippen LogP contribution is 2.32. The van der Waals surface area contributed by atoms with Gasteiger partial charge in [0.25, 0.3) is 0 Å². The molecule has 1 amide bonds. The average Bonchev–Trinajstić information content (AvgIpc) is 2.13. The van der Waals surface area contributed by atoms with Gasteiger partial charge in [0.2, 0.25) is 5.91 Å². The van der Waals surface area contributed by atoms with Crippen LogP contribution in [0.15, 0.2) is 12.1 Å². The maximum atomic E-state index is 11.0. The fraction of sp³-hybridized carbons (Fsp3) is 0.300. The summed E-state index contributed by atoms with van der Waals surface area (Å²) in [7, 11) is 0. The second kappa shape index (κ2) is 5.24. The molecule has 0 spiro atoms. The number of carbonyl (C=O) groups is 1. The third-order valence-corrected chi connectivity index (χ3v) is 2.46. The van der Waals surface area contributed by atoms with Gasteiger partial charge in [-0.25, -0.2) is 0 Å². The lowest BCUT2D eigenvalue weighted by molar-refractivity contribution is -0.114. The van der Waals surface area contributed by atoms with Crippen molar-refractivity contribution in [3.8, 4) is 0 Å². The zero-order chi connectivity index (χ0) is 11.4. The molecule has 1 rings (SSSR count). The Kier molecular flexibility index (Phi) is 4.24. The predicted molar refractivity (Wildman–Crippen MR) is 64.9 cm³/mol. The van der Waals surface area contributed by atoms with Gasteiger partial charge >= 0.3 is 0 Å². The van der Waals surface area contributed by atoms with Crippen molar-refractivity contribution in [2.75, 3.05) is 17.2 Å². The molecule has 0 fully saturated rings. The fourth-order valence-corrected chi connectivity index (χ4v) is 1.50. The van der Waals surface area contributed by atoms with E-state index in [0.717, 1.165) is 12.2 Å². The number of anilines is 2. The second-order valence-electron chi connectivity index (χ2n) is 3.02. The number of nitrogens with one attached hydrogen (secondary N) is 2. The van der Waals surface area contributed by atoms with Crippen LogP contribution in [0.1, 0.15) is 13.8 Å². The van der Waals surface area contributed by atoms with Crippen molar-refractivity contribution in [1.29, 1.82) is 0 Å². The van der Waals surface area contributed by atoms with Gasteiger partial charge in [-0.05, 0) is 19.1 Å². The topological polar surface area (TPSA) is 41.1 Å². The largest absolute Gasteiger partial charge is 0.384 e. The third-order valence-electron chi connectivity index (χ3n) is 1.74. The zero-order valence-electron chi connectivity index (χ0n) is 8.53. The Bertz CT molecular complexity index is 380. The summed E-state index contributed by atoms with van der Waals surface area (Å²) < 4.78 is 0. The smallest absolute Gasteiger partial charge is 0.221 e. The van der Waals surface area contributed by atoms with Gasteiger partial charge < -0.3 is 10.6 Å². The van der Waals surface area contributed by atoms with Crippen LogP contribution in [0.5, 0.6) is 0 Å². The molecule has 1 aromatic rings. The zero-order valence-corrected chi connectivity index (χ0v) is 10.0. The highest BCUT2D eigenvalue weighted by Gasteiger charge is 2.07. The molecule has 1 aromatic carbocycles. The summed E-state index contributed by atoms with van der Waals surface area (Å²) in [5.41, 5.74) is 1.40. The van der Waals surface area contributed by atoms with Crippen molar-refractivity contribution in [3.05, 3.63) is 22.2 Å². The van der Waals surface area contributed by atoms with E-state index in [1.165, 1.54) is 6.92 Å². The SMILES string of the molecule is CCNc1cc(Cl)c(Cl)cc1NC(C)=O. The molecule has 0 bridgehead atoms. The van der Waals surface area contributed by atoms with Gasteiger partial charge in [0.1, 0.15) is 0 Å². The summed E-state index contributed by atoms with van der Waals surface area (Å²) in [5.74, 6) is -0.146. The van der Waals surface area contributed by atoms with Gasteiger partial charge in [0.15, 0.2) is 0 Å². The van der Waals surface area contributed by atoms with Gasteiger partial charge in [-0.2, -0.15) is 0 Å². The molecule has 0 aliphatic carbocycles. The minimum absolute atomic E-state index is 0.146. The van der Waals surface area contributed by atoms with Crippen molar-refractivity contribution in [3.63, 3.8) is 0 Å². The summed E-state index contributed by atoms with van der Waals surface area (Å²) in [6.07, 6.45) is 0. The highest BCUT2D eigenvalue weighted by atomic mass is 35.5. The van der Waals surface area contributed by atoms with Crippen LogP contribution in [0, 0.1) is 0 Å². The Morgan fingerprint density at radius 2 is 1.80 bits per heavy atom. The van der Waals surface area contributed by atoms with E-state index in [2.05, 4.69) is 10.6 Å². The molecule has 5 heteroatoms. The van der Waals surface area contributed by atoms with Crippen LogP contribution in [-0.2, 0) is 4.79 Å². The second-order valence-corrected chi connectivity index (χ2v) is 3.84. The standard InChI is InChI=1S/C10H12Cl2N2O/c1-3-13-9-4-7(11)8(12)5-10(9)14-6(2)15/h4-5,13H,3H2,1-2H3,(H,14,15). The summed E-state index contributed by atoms with van der Waals surface area (Å²) in [6, 6.07) is 3.32. The van der Waals surface area contributed by atoms with Crippen LogP contribution < -0.4 is 10.6 Å². The minimum atomic E-state index is -0.146. The number of hydrogen-bond acceptors (Lipinski definition) is 2. The first-order valence-electron chi connectivity index (χ1n) is 4.55. The van der Waals surface area contributed by atoms with Gasteiger partial charge in [-0.15, -0.1) is 0 Å². The van der Waals surface area contributed by atoms with Crippen LogP contribution in [-0.4, -0.2) is 12.5 Å². The molecule has 0 radical (unpaired) electrons. The molecule has 0 aromatic heterocycles. The number of amides is 1. The normalized spacial score (nSPS) is 9.87. The number of carbonyl (C=O) groups excluding carboxylic acids is 1. The quantitative estimate of drug-likeness (QED) is 0.859. The number of benzene rings is 1. The molecule has 0 atom stereocenters. The van der Waals surface area contributed by atoms with E-state index in [9.17, 15) is 4.79 Å². The molecule has 0 saturated carbocycles. The summed E-state index contributed by atoms with van der Waals surface area (Å²) in [6.45, 7) is 4.14. The number of halogens is 2. The Morgan fingerprint density at radius 3 is 2.27 bits per heavy atom. The summed E-state index contributed by atoms with van der Waals surface area (Å²) in [4.78, 5) is 11.0. The first-order valence-corrected chi connectivity index (χ1v) is 5.30. The number of hydrogen-bond donors (Lipinski definition) is 2.